The molecule has 1 aromatic heterocycles. The maximum atomic E-state index is 10.3. The molecule has 1 rings (SSSR count). The van der Waals surface area contributed by atoms with Gasteiger partial charge in [-0.2, -0.15) is 0 Å². The molecule has 0 saturated carbocycles. The molecule has 0 atom stereocenters. The van der Waals surface area contributed by atoms with Crippen molar-refractivity contribution in [1.82, 2.24) is 0 Å². The minimum absolute atomic E-state index is 0.239. The van der Waals surface area contributed by atoms with E-state index >= 15 is 0 Å². The number of furan rings is 1. The second-order valence-corrected chi connectivity index (χ2v) is 3.48. The molecule has 2 N–H and O–H groups in total. The molecule has 1 aromatic rings. The summed E-state index contributed by atoms with van der Waals surface area (Å²) in [7, 11) is 0. The van der Waals surface area contributed by atoms with Crippen molar-refractivity contribution in [3.63, 3.8) is 0 Å². The van der Waals surface area contributed by atoms with Crippen molar-refractivity contribution in [1.29, 1.82) is 0 Å². The monoisotopic (exact) mass is 184 g/mol. The van der Waals surface area contributed by atoms with Gasteiger partial charge >= 0.3 is 5.88 Å². The number of nitro groups is 1. The minimum atomic E-state index is -0.559. The Morgan fingerprint density at radius 3 is 2.62 bits per heavy atom. The number of rotatable bonds is 3. The lowest BCUT2D eigenvalue weighted by atomic mass is 9.91. The molecule has 0 aromatic carbocycles. The van der Waals surface area contributed by atoms with Crippen LogP contribution in [0.2, 0.25) is 0 Å². The van der Waals surface area contributed by atoms with Crippen LogP contribution in [0, 0.1) is 10.1 Å². The molecule has 0 radical (unpaired) electrons. The lowest BCUT2D eigenvalue weighted by Crippen LogP contribution is -2.27. The van der Waals surface area contributed by atoms with Crippen molar-refractivity contribution >= 4 is 5.88 Å². The van der Waals surface area contributed by atoms with Gasteiger partial charge in [-0.3, -0.25) is 10.1 Å². The summed E-state index contributed by atoms with van der Waals surface area (Å²) in [5.74, 6) is 0.304. The van der Waals surface area contributed by atoms with Gasteiger partial charge in [0, 0.05) is 12.0 Å². The average Bonchev–Trinajstić information content (AvgIpc) is 2.52. The fraction of sp³-hybridized carbons (Fsp3) is 0.500. The Hall–Kier alpha value is -1.36. The normalized spacial score (nSPS) is 11.6. The van der Waals surface area contributed by atoms with Crippen LogP contribution in [-0.4, -0.2) is 11.5 Å². The van der Waals surface area contributed by atoms with Crippen LogP contribution >= 0.6 is 0 Å². The second-order valence-electron chi connectivity index (χ2n) is 3.48. The average molecular weight is 184 g/mol. The van der Waals surface area contributed by atoms with Gasteiger partial charge in [0.05, 0.1) is 6.07 Å². The van der Waals surface area contributed by atoms with E-state index in [0.29, 0.717) is 12.3 Å². The number of nitrogens with zero attached hydrogens (tertiary/aromatic N) is 1. The summed E-state index contributed by atoms with van der Waals surface area (Å²) in [6.07, 6.45) is 0. The van der Waals surface area contributed by atoms with E-state index in [1.807, 2.05) is 13.8 Å². The first-order chi connectivity index (χ1) is 5.97. The van der Waals surface area contributed by atoms with Gasteiger partial charge in [0.1, 0.15) is 10.7 Å². The highest BCUT2D eigenvalue weighted by Crippen LogP contribution is 2.26. The van der Waals surface area contributed by atoms with Crippen molar-refractivity contribution in [2.24, 2.45) is 5.73 Å². The highest BCUT2D eigenvalue weighted by Gasteiger charge is 2.25. The Balaban J connectivity index is 2.98. The van der Waals surface area contributed by atoms with Gasteiger partial charge in [-0.05, 0) is 6.07 Å². The molecule has 5 nitrogen and oxygen atoms in total. The van der Waals surface area contributed by atoms with E-state index in [4.69, 9.17) is 10.2 Å². The summed E-state index contributed by atoms with van der Waals surface area (Å²) in [5.41, 5.74) is 5.14. The van der Waals surface area contributed by atoms with Crippen molar-refractivity contribution in [3.8, 4) is 0 Å². The predicted octanol–water partition coefficient (Wildman–Crippen LogP) is 1.42. The largest absolute Gasteiger partial charge is 0.433 e. The first-order valence-electron chi connectivity index (χ1n) is 3.92. The molecule has 0 fully saturated rings. The lowest BCUT2D eigenvalue weighted by Gasteiger charge is -2.18. The van der Waals surface area contributed by atoms with Gasteiger partial charge in [-0.1, -0.05) is 13.8 Å². The summed E-state index contributed by atoms with van der Waals surface area (Å²) < 4.78 is 5.02. The summed E-state index contributed by atoms with van der Waals surface area (Å²) in [5, 5.41) is 10.3. The minimum Gasteiger partial charge on any atom is -0.405 e. The quantitative estimate of drug-likeness (QED) is 0.569. The molecule has 0 saturated heterocycles. The molecule has 0 aliphatic rings. The van der Waals surface area contributed by atoms with E-state index in [1.54, 1.807) is 6.07 Å². The van der Waals surface area contributed by atoms with E-state index < -0.39 is 4.92 Å². The van der Waals surface area contributed by atoms with E-state index in [9.17, 15) is 10.1 Å². The zero-order valence-corrected chi connectivity index (χ0v) is 7.61. The summed E-state index contributed by atoms with van der Waals surface area (Å²) in [6, 6.07) is 2.93. The predicted molar refractivity (Wildman–Crippen MR) is 47.4 cm³/mol. The maximum absolute atomic E-state index is 10.3. The molecule has 0 unspecified atom stereocenters. The SMILES string of the molecule is CC(C)(CN)c1ccc([N+](=O)[O-])o1. The van der Waals surface area contributed by atoms with Gasteiger partial charge in [0.2, 0.25) is 0 Å². The summed E-state index contributed by atoms with van der Waals surface area (Å²) in [4.78, 5) is 9.75. The van der Waals surface area contributed by atoms with Crippen molar-refractivity contribution in [2.75, 3.05) is 6.54 Å². The molecule has 5 heteroatoms. The Kier molecular flexibility index (Phi) is 2.38. The van der Waals surface area contributed by atoms with Gasteiger partial charge in [-0.15, -0.1) is 0 Å². The molecular weight excluding hydrogens is 172 g/mol. The summed E-state index contributed by atoms with van der Waals surface area (Å²) in [6.45, 7) is 4.13. The van der Waals surface area contributed by atoms with Crippen LogP contribution in [0.5, 0.6) is 0 Å². The zero-order valence-electron chi connectivity index (χ0n) is 7.61. The Morgan fingerprint density at radius 1 is 1.62 bits per heavy atom. The van der Waals surface area contributed by atoms with E-state index in [0.717, 1.165) is 0 Å². The molecule has 0 bridgehead atoms. The molecular formula is C8H12N2O3. The third-order valence-corrected chi connectivity index (χ3v) is 1.95. The van der Waals surface area contributed by atoms with Crippen molar-refractivity contribution < 1.29 is 9.34 Å². The number of hydrogen-bond donors (Lipinski definition) is 1. The fourth-order valence-electron chi connectivity index (χ4n) is 0.890. The van der Waals surface area contributed by atoms with E-state index in [-0.39, 0.29) is 11.3 Å². The molecule has 1 heterocycles. The molecule has 0 aliphatic carbocycles. The highest BCUT2D eigenvalue weighted by atomic mass is 16.6. The first-order valence-corrected chi connectivity index (χ1v) is 3.92. The standard InChI is InChI=1S/C8H12N2O3/c1-8(2,5-9)6-3-4-7(13-6)10(11)12/h3-4H,5,9H2,1-2H3. The van der Waals surface area contributed by atoms with Gasteiger partial charge in [-0.25, -0.2) is 0 Å². The van der Waals surface area contributed by atoms with E-state index in [1.165, 1.54) is 6.07 Å². The van der Waals surface area contributed by atoms with Gasteiger partial charge in [0.25, 0.3) is 0 Å². The third kappa shape index (κ3) is 1.86. The van der Waals surface area contributed by atoms with Crippen LogP contribution in [-0.2, 0) is 5.41 Å². The van der Waals surface area contributed by atoms with Crippen molar-refractivity contribution in [3.05, 3.63) is 28.0 Å². The molecule has 72 valence electrons. The third-order valence-electron chi connectivity index (χ3n) is 1.95. The molecule has 0 aliphatic heterocycles. The van der Waals surface area contributed by atoms with Crippen LogP contribution in [0.25, 0.3) is 0 Å². The first kappa shape index (κ1) is 9.73. The van der Waals surface area contributed by atoms with Crippen molar-refractivity contribution in [2.45, 2.75) is 19.3 Å². The highest BCUT2D eigenvalue weighted by molar-refractivity contribution is 5.22. The Bertz CT molecular complexity index is 317. The van der Waals surface area contributed by atoms with Crippen LogP contribution in [0.15, 0.2) is 16.5 Å². The molecule has 0 amide bonds. The molecule has 13 heavy (non-hydrogen) atoms. The maximum Gasteiger partial charge on any atom is 0.433 e. The fourth-order valence-corrected chi connectivity index (χ4v) is 0.890. The Morgan fingerprint density at radius 2 is 2.23 bits per heavy atom. The molecule has 0 spiro atoms. The van der Waals surface area contributed by atoms with Crippen LogP contribution < -0.4 is 5.73 Å². The number of nitrogens with two attached hydrogens (primary N) is 1. The lowest BCUT2D eigenvalue weighted by molar-refractivity contribution is -0.402. The van der Waals surface area contributed by atoms with Gasteiger partial charge < -0.3 is 10.2 Å². The second kappa shape index (κ2) is 3.18. The summed E-state index contributed by atoms with van der Waals surface area (Å²) >= 11 is 0. The van der Waals surface area contributed by atoms with Crippen LogP contribution in [0.1, 0.15) is 19.6 Å². The van der Waals surface area contributed by atoms with Crippen LogP contribution in [0.3, 0.4) is 0 Å². The van der Waals surface area contributed by atoms with Crippen LogP contribution in [0.4, 0.5) is 5.88 Å². The topological polar surface area (TPSA) is 82.3 Å². The zero-order chi connectivity index (χ0) is 10.1. The number of hydrogen-bond acceptors (Lipinski definition) is 4. The van der Waals surface area contributed by atoms with E-state index in [2.05, 4.69) is 0 Å². The van der Waals surface area contributed by atoms with Gasteiger partial charge in [0.15, 0.2) is 0 Å². The Labute approximate surface area is 75.7 Å². The smallest absolute Gasteiger partial charge is 0.405 e.